The Hall–Kier alpha value is -3.62. The van der Waals surface area contributed by atoms with Crippen molar-refractivity contribution in [2.75, 3.05) is 18.9 Å². The number of aryl methyl sites for hydroxylation is 1. The molecule has 0 fully saturated rings. The fraction of sp³-hybridized carbons (Fsp3) is 0.476. The van der Waals surface area contributed by atoms with Crippen LogP contribution < -0.4 is 10.1 Å². The zero-order valence-electron chi connectivity index (χ0n) is 31.4. The summed E-state index contributed by atoms with van der Waals surface area (Å²) in [6.45, 7) is 17.7. The average Bonchev–Trinajstić information content (AvgIpc) is 3.40. The van der Waals surface area contributed by atoms with Crippen molar-refractivity contribution in [3.63, 3.8) is 0 Å². The number of thioether (sulfide) groups is 1. The molecule has 9 heteroatoms. The molecule has 0 aliphatic carbocycles. The van der Waals surface area contributed by atoms with Crippen LogP contribution in [0, 0.1) is 6.92 Å². The summed E-state index contributed by atoms with van der Waals surface area (Å²) in [5.41, 5.74) is 7.78. The highest BCUT2D eigenvalue weighted by molar-refractivity contribution is 7.99. The lowest BCUT2D eigenvalue weighted by Gasteiger charge is -2.30. The Morgan fingerprint density at radius 1 is 0.922 bits per heavy atom. The van der Waals surface area contributed by atoms with Gasteiger partial charge in [-0.1, -0.05) is 101 Å². The molecule has 5 rings (SSSR count). The standard InChI is InChI=1S/C42H54ClN5O2S/c1-8-41(4,5)31-19-21-36(34(27-31)42(6,7)9-2)50-23-12-11-22-44-37(49)17-10-13-24-51-40-45-39-38(46-47-40)33-25-29(3)18-20-35(33)48(39)28-30-15-14-16-32(43)26-30/h14-16,18-21,25-27H,8-13,17,22-24,28H2,1-7H3,(H,44,49). The van der Waals surface area contributed by atoms with Crippen LogP contribution in [0.2, 0.25) is 5.02 Å². The van der Waals surface area contributed by atoms with Gasteiger partial charge in [-0.3, -0.25) is 4.79 Å². The molecule has 5 aromatic rings. The molecule has 0 bridgehead atoms. The molecule has 7 nitrogen and oxygen atoms in total. The number of halogens is 1. The molecular formula is C42H54ClN5O2S. The smallest absolute Gasteiger partial charge is 0.219 e. The Bertz CT molecular complexity index is 1950. The number of carbonyl (C=O) groups is 1. The van der Waals surface area contributed by atoms with Gasteiger partial charge < -0.3 is 14.6 Å². The number of fused-ring (bicyclic) bond motifs is 3. The van der Waals surface area contributed by atoms with Crippen molar-refractivity contribution in [2.45, 2.75) is 116 Å². The SMILES string of the molecule is CCC(C)(C)c1ccc(OCCCCNC(=O)CCCCSc2nnc3c4cc(C)ccc4n(Cc4cccc(Cl)c4)c3n2)c(C(C)(C)CC)c1. The molecule has 0 saturated carbocycles. The molecule has 1 N–H and O–H groups in total. The molecule has 0 aliphatic rings. The van der Waals surface area contributed by atoms with E-state index in [1.54, 1.807) is 11.8 Å². The molecule has 0 atom stereocenters. The van der Waals surface area contributed by atoms with E-state index in [4.69, 9.17) is 21.3 Å². The predicted molar refractivity (Wildman–Crippen MR) is 214 cm³/mol. The summed E-state index contributed by atoms with van der Waals surface area (Å²) >= 11 is 7.87. The van der Waals surface area contributed by atoms with E-state index in [1.165, 1.54) is 16.7 Å². The summed E-state index contributed by atoms with van der Waals surface area (Å²) in [6.07, 6.45) is 6.13. The van der Waals surface area contributed by atoms with Gasteiger partial charge in [0.2, 0.25) is 11.1 Å². The summed E-state index contributed by atoms with van der Waals surface area (Å²) < 4.78 is 8.50. The number of aromatic nitrogens is 4. The Kier molecular flexibility index (Phi) is 13.1. The van der Waals surface area contributed by atoms with Crippen LogP contribution in [-0.2, 0) is 22.2 Å². The number of ether oxygens (including phenoxy) is 1. The number of amides is 1. The molecule has 3 aromatic carbocycles. The van der Waals surface area contributed by atoms with Crippen molar-refractivity contribution in [3.8, 4) is 5.75 Å². The van der Waals surface area contributed by atoms with Crippen molar-refractivity contribution < 1.29 is 9.53 Å². The highest BCUT2D eigenvalue weighted by Gasteiger charge is 2.26. The minimum atomic E-state index is 0.0396. The molecule has 0 unspecified atom stereocenters. The second-order valence-corrected chi connectivity index (χ2v) is 16.4. The van der Waals surface area contributed by atoms with Gasteiger partial charge in [0.05, 0.1) is 12.1 Å². The van der Waals surface area contributed by atoms with E-state index in [-0.39, 0.29) is 16.7 Å². The Morgan fingerprint density at radius 3 is 2.49 bits per heavy atom. The zero-order chi connectivity index (χ0) is 36.6. The molecule has 1 amide bonds. The topological polar surface area (TPSA) is 81.9 Å². The lowest BCUT2D eigenvalue weighted by molar-refractivity contribution is -0.121. The van der Waals surface area contributed by atoms with Crippen LogP contribution in [0.25, 0.3) is 22.1 Å². The summed E-state index contributed by atoms with van der Waals surface area (Å²) in [5.74, 6) is 1.90. The van der Waals surface area contributed by atoms with E-state index in [0.717, 1.165) is 77.7 Å². The third-order valence-electron chi connectivity index (χ3n) is 10.3. The maximum Gasteiger partial charge on any atom is 0.219 e. The maximum absolute atomic E-state index is 12.5. The first-order valence-corrected chi connectivity index (χ1v) is 19.8. The quantitative estimate of drug-likeness (QED) is 0.0715. The monoisotopic (exact) mass is 727 g/mol. The fourth-order valence-electron chi connectivity index (χ4n) is 6.17. The molecule has 51 heavy (non-hydrogen) atoms. The molecule has 2 heterocycles. The number of rotatable bonds is 18. The van der Waals surface area contributed by atoms with Crippen molar-refractivity contribution in [2.24, 2.45) is 0 Å². The van der Waals surface area contributed by atoms with Gasteiger partial charge >= 0.3 is 0 Å². The maximum atomic E-state index is 12.5. The number of benzene rings is 3. The van der Waals surface area contributed by atoms with Gasteiger partial charge in [0, 0.05) is 41.2 Å². The second-order valence-electron chi connectivity index (χ2n) is 14.9. The lowest BCUT2D eigenvalue weighted by Crippen LogP contribution is -2.24. The number of hydrogen-bond acceptors (Lipinski definition) is 6. The van der Waals surface area contributed by atoms with Crippen LogP contribution in [0.4, 0.5) is 0 Å². The largest absolute Gasteiger partial charge is 0.493 e. The molecule has 0 radical (unpaired) electrons. The van der Waals surface area contributed by atoms with Crippen molar-refractivity contribution in [1.29, 1.82) is 0 Å². The third kappa shape index (κ3) is 9.83. The van der Waals surface area contributed by atoms with Crippen LogP contribution in [-0.4, -0.2) is 44.6 Å². The van der Waals surface area contributed by atoms with Crippen LogP contribution in [0.1, 0.15) is 109 Å². The highest BCUT2D eigenvalue weighted by atomic mass is 35.5. The van der Waals surface area contributed by atoms with Crippen molar-refractivity contribution >= 4 is 51.3 Å². The van der Waals surface area contributed by atoms with E-state index >= 15 is 0 Å². The van der Waals surface area contributed by atoms with Gasteiger partial charge in [-0.25, -0.2) is 4.98 Å². The van der Waals surface area contributed by atoms with Gasteiger partial charge in [-0.05, 0) is 97.7 Å². The van der Waals surface area contributed by atoms with E-state index < -0.39 is 0 Å². The first kappa shape index (κ1) is 38.6. The molecule has 272 valence electrons. The summed E-state index contributed by atoms with van der Waals surface area (Å²) in [5, 5.41) is 14.6. The number of nitrogens with one attached hydrogen (secondary N) is 1. The van der Waals surface area contributed by atoms with Gasteiger partial charge in [-0.2, -0.15) is 0 Å². The number of nitrogens with zero attached hydrogens (tertiary/aromatic N) is 4. The molecule has 0 spiro atoms. The minimum Gasteiger partial charge on any atom is -0.493 e. The molecule has 2 aromatic heterocycles. The first-order chi connectivity index (χ1) is 24.4. The number of carbonyl (C=O) groups excluding carboxylic acids is 1. The Balaban J connectivity index is 1.05. The van der Waals surface area contributed by atoms with Crippen LogP contribution in [0.3, 0.4) is 0 Å². The lowest BCUT2D eigenvalue weighted by atomic mass is 9.76. The van der Waals surface area contributed by atoms with Crippen molar-refractivity contribution in [3.05, 3.63) is 87.9 Å². The summed E-state index contributed by atoms with van der Waals surface area (Å²) in [4.78, 5) is 17.5. The van der Waals surface area contributed by atoms with E-state index in [0.29, 0.717) is 36.3 Å². The molecule has 0 saturated heterocycles. The average molecular weight is 728 g/mol. The van der Waals surface area contributed by atoms with Gasteiger partial charge in [-0.15, -0.1) is 10.2 Å². The third-order valence-corrected chi connectivity index (χ3v) is 11.4. The Labute approximate surface area is 313 Å². The van der Waals surface area contributed by atoms with Gasteiger partial charge in [0.1, 0.15) is 11.3 Å². The number of hydrogen-bond donors (Lipinski definition) is 1. The van der Waals surface area contributed by atoms with Crippen LogP contribution >= 0.6 is 23.4 Å². The summed E-state index contributed by atoms with van der Waals surface area (Å²) in [6, 6.07) is 21.0. The molecule has 0 aliphatic heterocycles. The summed E-state index contributed by atoms with van der Waals surface area (Å²) in [7, 11) is 0. The minimum absolute atomic E-state index is 0.0396. The molecular weight excluding hydrogens is 674 g/mol. The second kappa shape index (κ2) is 17.3. The van der Waals surface area contributed by atoms with Crippen LogP contribution in [0.5, 0.6) is 5.75 Å². The van der Waals surface area contributed by atoms with E-state index in [9.17, 15) is 4.79 Å². The van der Waals surface area contributed by atoms with E-state index in [1.807, 2.05) is 18.2 Å². The zero-order valence-corrected chi connectivity index (χ0v) is 33.0. The highest BCUT2D eigenvalue weighted by Crippen LogP contribution is 2.38. The Morgan fingerprint density at radius 2 is 1.73 bits per heavy atom. The number of unbranched alkanes of at least 4 members (excludes halogenated alkanes) is 2. The van der Waals surface area contributed by atoms with Crippen molar-refractivity contribution in [1.82, 2.24) is 25.1 Å². The normalized spacial score (nSPS) is 12.2. The first-order valence-electron chi connectivity index (χ1n) is 18.5. The fourth-order valence-corrected chi connectivity index (χ4v) is 7.16. The predicted octanol–water partition coefficient (Wildman–Crippen LogP) is 10.6. The van der Waals surface area contributed by atoms with Crippen LogP contribution in [0.15, 0.2) is 65.8 Å². The van der Waals surface area contributed by atoms with E-state index in [2.05, 4.69) is 111 Å². The van der Waals surface area contributed by atoms with Gasteiger partial charge in [0.15, 0.2) is 5.65 Å². The van der Waals surface area contributed by atoms with Gasteiger partial charge in [0.25, 0.3) is 0 Å².